The molecule has 1 saturated carbocycles. The minimum absolute atomic E-state index is 0.0120. The summed E-state index contributed by atoms with van der Waals surface area (Å²) in [5, 5.41) is 2.50. The number of carbonyl (C=O) groups excluding carboxylic acids is 2. The van der Waals surface area contributed by atoms with Crippen molar-refractivity contribution in [3.8, 4) is 0 Å². The topological polar surface area (TPSA) is 75.2 Å². The molecule has 1 aliphatic carbocycles. The Morgan fingerprint density at radius 1 is 1.32 bits per heavy atom. The van der Waals surface area contributed by atoms with Gasteiger partial charge in [-0.2, -0.15) is 0 Å². The van der Waals surface area contributed by atoms with E-state index in [0.717, 1.165) is 36.4 Å². The molecular formula is C18H17FN4O2. The number of carbonyl (C=O) groups is 2. The highest BCUT2D eigenvalue weighted by atomic mass is 19.1. The highest BCUT2D eigenvalue weighted by molar-refractivity contribution is 6.01. The van der Waals surface area contributed by atoms with Gasteiger partial charge in [0.15, 0.2) is 5.82 Å². The zero-order valence-electron chi connectivity index (χ0n) is 13.8. The first kappa shape index (κ1) is 15.7. The molecule has 2 aliphatic rings. The molecule has 1 aromatic carbocycles. The number of aromatic nitrogens is 2. The summed E-state index contributed by atoms with van der Waals surface area (Å²) in [5.74, 6) is -1.09. The number of nitrogens with zero attached hydrogens (tertiary/aromatic N) is 3. The maximum absolute atomic E-state index is 12.8. The summed E-state index contributed by atoms with van der Waals surface area (Å²) in [7, 11) is 0. The van der Waals surface area contributed by atoms with Gasteiger partial charge in [-0.05, 0) is 31.4 Å². The van der Waals surface area contributed by atoms with Gasteiger partial charge in [-0.15, -0.1) is 0 Å². The molecule has 1 aliphatic heterocycles. The van der Waals surface area contributed by atoms with E-state index in [-0.39, 0.29) is 23.8 Å². The Bertz CT molecular complexity index is 862. The van der Waals surface area contributed by atoms with Crippen molar-refractivity contribution in [2.75, 3.05) is 18.4 Å². The van der Waals surface area contributed by atoms with Crippen molar-refractivity contribution in [1.82, 2.24) is 14.9 Å². The highest BCUT2D eigenvalue weighted by Gasteiger charge is 2.51. The molecule has 0 saturated heterocycles. The third-order valence-corrected chi connectivity index (χ3v) is 4.82. The van der Waals surface area contributed by atoms with Crippen LogP contribution in [-0.4, -0.2) is 39.8 Å². The van der Waals surface area contributed by atoms with Gasteiger partial charge in [0.1, 0.15) is 6.54 Å². The number of anilines is 1. The summed E-state index contributed by atoms with van der Waals surface area (Å²) in [6.07, 6.45) is 4.00. The monoisotopic (exact) mass is 340 g/mol. The van der Waals surface area contributed by atoms with E-state index in [1.165, 1.54) is 0 Å². The average molecular weight is 340 g/mol. The molecule has 1 fully saturated rings. The number of rotatable bonds is 3. The quantitative estimate of drug-likeness (QED) is 0.928. The standard InChI is InChI=1S/C18H17FN4O2/c1-11-2-3-13-14(6-11)18(4-5-18)10-23(16(13)25)9-15(24)22-17-20-7-12(19)8-21-17/h2-3,6-8H,4-5,9-10H2,1H3,(H,20,21,22,24). The van der Waals surface area contributed by atoms with E-state index < -0.39 is 11.7 Å². The third kappa shape index (κ3) is 2.86. The van der Waals surface area contributed by atoms with E-state index in [2.05, 4.69) is 21.4 Å². The number of fused-ring (bicyclic) bond motifs is 2. The Kier molecular flexibility index (Phi) is 3.52. The lowest BCUT2D eigenvalue weighted by molar-refractivity contribution is -0.117. The second-order valence-electron chi connectivity index (χ2n) is 6.76. The summed E-state index contributed by atoms with van der Waals surface area (Å²) in [4.78, 5) is 33.9. The summed E-state index contributed by atoms with van der Waals surface area (Å²) in [5.41, 5.74) is 2.91. The Balaban J connectivity index is 1.52. The molecule has 2 amide bonds. The number of hydrogen-bond donors (Lipinski definition) is 1. The summed E-state index contributed by atoms with van der Waals surface area (Å²) in [6.45, 7) is 2.48. The van der Waals surface area contributed by atoms with Gasteiger partial charge in [0.25, 0.3) is 5.91 Å². The van der Waals surface area contributed by atoms with Crippen LogP contribution in [0.25, 0.3) is 0 Å². The van der Waals surface area contributed by atoms with Gasteiger partial charge >= 0.3 is 0 Å². The van der Waals surface area contributed by atoms with Gasteiger partial charge in [-0.25, -0.2) is 14.4 Å². The lowest BCUT2D eigenvalue weighted by Gasteiger charge is -2.34. The van der Waals surface area contributed by atoms with E-state index in [9.17, 15) is 14.0 Å². The molecule has 0 bridgehead atoms. The van der Waals surface area contributed by atoms with Crippen molar-refractivity contribution in [3.63, 3.8) is 0 Å². The molecule has 6 nitrogen and oxygen atoms in total. The molecule has 0 radical (unpaired) electrons. The summed E-state index contributed by atoms with van der Waals surface area (Å²) >= 11 is 0. The van der Waals surface area contributed by atoms with E-state index >= 15 is 0 Å². The van der Waals surface area contributed by atoms with Crippen LogP contribution in [0.1, 0.15) is 34.3 Å². The van der Waals surface area contributed by atoms with E-state index in [4.69, 9.17) is 0 Å². The van der Waals surface area contributed by atoms with Crippen molar-refractivity contribution < 1.29 is 14.0 Å². The summed E-state index contributed by atoms with van der Waals surface area (Å²) in [6, 6.07) is 5.85. The Morgan fingerprint density at radius 3 is 2.72 bits per heavy atom. The first-order valence-electron chi connectivity index (χ1n) is 8.15. The number of halogens is 1. The van der Waals surface area contributed by atoms with Crippen molar-refractivity contribution in [2.24, 2.45) is 0 Å². The van der Waals surface area contributed by atoms with Crippen LogP contribution in [0.2, 0.25) is 0 Å². The highest BCUT2D eigenvalue weighted by Crippen LogP contribution is 2.52. The van der Waals surface area contributed by atoms with Gasteiger partial charge in [0, 0.05) is 17.5 Å². The van der Waals surface area contributed by atoms with Crippen molar-refractivity contribution in [1.29, 1.82) is 0 Å². The zero-order valence-corrected chi connectivity index (χ0v) is 13.8. The number of nitrogens with one attached hydrogen (secondary N) is 1. The lowest BCUT2D eigenvalue weighted by Crippen LogP contribution is -2.46. The van der Waals surface area contributed by atoms with Crippen LogP contribution < -0.4 is 5.32 Å². The number of hydrogen-bond acceptors (Lipinski definition) is 4. The predicted molar refractivity (Wildman–Crippen MR) is 88.6 cm³/mol. The molecule has 2 heterocycles. The average Bonchev–Trinajstić information content (AvgIpc) is 3.35. The largest absolute Gasteiger partial charge is 0.328 e. The van der Waals surface area contributed by atoms with Crippen LogP contribution in [0.4, 0.5) is 10.3 Å². The maximum Gasteiger partial charge on any atom is 0.254 e. The van der Waals surface area contributed by atoms with E-state index in [0.29, 0.717) is 12.1 Å². The van der Waals surface area contributed by atoms with Gasteiger partial charge in [-0.1, -0.05) is 17.7 Å². The molecule has 0 atom stereocenters. The minimum atomic E-state index is -0.577. The van der Waals surface area contributed by atoms with Crippen LogP contribution in [-0.2, 0) is 10.2 Å². The first-order valence-corrected chi connectivity index (χ1v) is 8.15. The fraction of sp³-hybridized carbons (Fsp3) is 0.333. The van der Waals surface area contributed by atoms with Crippen LogP contribution >= 0.6 is 0 Å². The number of aryl methyl sites for hydroxylation is 1. The minimum Gasteiger partial charge on any atom is -0.328 e. The molecule has 1 spiro atoms. The van der Waals surface area contributed by atoms with Gasteiger partial charge in [0.05, 0.1) is 12.4 Å². The van der Waals surface area contributed by atoms with Gasteiger partial charge in [0.2, 0.25) is 11.9 Å². The van der Waals surface area contributed by atoms with E-state index in [1.807, 2.05) is 19.1 Å². The predicted octanol–water partition coefficient (Wildman–Crippen LogP) is 2.05. The molecule has 0 unspecified atom stereocenters. The molecule has 1 N–H and O–H groups in total. The third-order valence-electron chi connectivity index (χ3n) is 4.82. The molecule has 4 rings (SSSR count). The molecule has 7 heteroatoms. The fourth-order valence-corrected chi connectivity index (χ4v) is 3.40. The molecule has 25 heavy (non-hydrogen) atoms. The fourth-order valence-electron chi connectivity index (χ4n) is 3.40. The number of benzene rings is 1. The van der Waals surface area contributed by atoms with Crippen LogP contribution in [0.3, 0.4) is 0 Å². The van der Waals surface area contributed by atoms with Crippen LogP contribution in [0.5, 0.6) is 0 Å². The Labute approximate surface area is 144 Å². The van der Waals surface area contributed by atoms with Crippen molar-refractivity contribution in [2.45, 2.75) is 25.2 Å². The maximum atomic E-state index is 12.8. The summed E-state index contributed by atoms with van der Waals surface area (Å²) < 4.78 is 12.8. The molecule has 2 aromatic rings. The number of amides is 2. The molecular weight excluding hydrogens is 323 g/mol. The van der Waals surface area contributed by atoms with Gasteiger partial charge in [-0.3, -0.25) is 14.9 Å². The Morgan fingerprint density at radius 2 is 2.04 bits per heavy atom. The van der Waals surface area contributed by atoms with E-state index in [1.54, 1.807) is 4.90 Å². The smallest absolute Gasteiger partial charge is 0.254 e. The second-order valence-corrected chi connectivity index (χ2v) is 6.76. The first-order chi connectivity index (χ1) is 12.0. The molecule has 1 aromatic heterocycles. The van der Waals surface area contributed by atoms with Crippen LogP contribution in [0, 0.1) is 12.7 Å². The SMILES string of the molecule is Cc1ccc2c(c1)C1(CC1)CN(CC(=O)Nc1ncc(F)cn1)C2=O. The van der Waals surface area contributed by atoms with Crippen LogP contribution in [0.15, 0.2) is 30.6 Å². The van der Waals surface area contributed by atoms with Crippen molar-refractivity contribution in [3.05, 3.63) is 53.1 Å². The lowest BCUT2D eigenvalue weighted by atomic mass is 9.85. The molecule has 128 valence electrons. The normalized spacial score (nSPS) is 17.4. The Hall–Kier alpha value is -2.83. The second kappa shape index (κ2) is 5.61. The van der Waals surface area contributed by atoms with Crippen molar-refractivity contribution >= 4 is 17.8 Å². The van der Waals surface area contributed by atoms with Gasteiger partial charge < -0.3 is 4.90 Å². The zero-order chi connectivity index (χ0) is 17.6.